The molecule has 0 unspecified atom stereocenters. The van der Waals surface area contributed by atoms with Crippen molar-refractivity contribution in [3.05, 3.63) is 12.3 Å². The second kappa shape index (κ2) is 2.90. The topological polar surface area (TPSA) is 78.8 Å². The van der Waals surface area contributed by atoms with E-state index in [2.05, 4.69) is 11.7 Å². The van der Waals surface area contributed by atoms with Gasteiger partial charge in [0, 0.05) is 0 Å². The average molecular weight is 116 g/mol. The molecule has 0 heterocycles. The van der Waals surface area contributed by atoms with Crippen LogP contribution in [0.15, 0.2) is 17.5 Å². The van der Waals surface area contributed by atoms with Crippen molar-refractivity contribution in [2.24, 2.45) is 10.9 Å². The molecule has 46 valence electrons. The van der Waals surface area contributed by atoms with Crippen LogP contribution in [0.5, 0.6) is 0 Å². The lowest BCUT2D eigenvalue weighted by Crippen LogP contribution is -2.11. The number of nitrogens with two attached hydrogens (primary N) is 1. The summed E-state index contributed by atoms with van der Waals surface area (Å²) in [7, 11) is 0. The molecule has 0 saturated heterocycles. The predicted molar refractivity (Wildman–Crippen MR) is 29.8 cm³/mol. The predicted octanol–water partition coefficient (Wildman–Crippen LogP) is 0.195. The lowest BCUT2D eigenvalue weighted by molar-refractivity contribution is 0.315. The second-order valence-corrected chi connectivity index (χ2v) is 1.33. The maximum atomic E-state index is 8.39. The summed E-state index contributed by atoms with van der Waals surface area (Å²) in [6, 6.07) is 0. The minimum absolute atomic E-state index is 0.0243. The normalized spacial score (nSPS) is 11.2. The minimum Gasteiger partial charge on any atom is -0.512 e. The van der Waals surface area contributed by atoms with E-state index in [0.29, 0.717) is 0 Å². The number of hydrogen-bond donors (Lipinski definition) is 3. The molecule has 4 heteroatoms. The summed E-state index contributed by atoms with van der Waals surface area (Å²) in [5.41, 5.74) is 4.95. The molecule has 8 heavy (non-hydrogen) atoms. The van der Waals surface area contributed by atoms with Crippen molar-refractivity contribution in [3.8, 4) is 0 Å². The summed E-state index contributed by atoms with van der Waals surface area (Å²) < 4.78 is 0. The van der Waals surface area contributed by atoms with Crippen LogP contribution in [0, 0.1) is 0 Å². The fourth-order valence-electron chi connectivity index (χ4n) is 0.244. The first-order valence-corrected chi connectivity index (χ1v) is 2.00. The maximum absolute atomic E-state index is 8.39. The molecule has 0 aliphatic carbocycles. The zero-order valence-electron chi connectivity index (χ0n) is 4.33. The lowest BCUT2D eigenvalue weighted by Gasteiger charge is -1.92. The summed E-state index contributed by atoms with van der Waals surface area (Å²) in [5, 5.41) is 18.9. The Balaban J connectivity index is 3.56. The van der Waals surface area contributed by atoms with Crippen LogP contribution in [0.2, 0.25) is 0 Å². The van der Waals surface area contributed by atoms with Gasteiger partial charge in [-0.3, -0.25) is 0 Å². The molecule has 0 bridgehead atoms. The van der Waals surface area contributed by atoms with Gasteiger partial charge in [0.1, 0.15) is 5.84 Å². The van der Waals surface area contributed by atoms with Crippen molar-refractivity contribution in [2.45, 2.75) is 6.42 Å². The van der Waals surface area contributed by atoms with Crippen molar-refractivity contribution in [1.29, 1.82) is 0 Å². The molecule has 0 atom stereocenters. The van der Waals surface area contributed by atoms with E-state index in [0.717, 1.165) is 0 Å². The van der Waals surface area contributed by atoms with Crippen molar-refractivity contribution < 1.29 is 10.3 Å². The van der Waals surface area contributed by atoms with Crippen LogP contribution in [0.4, 0.5) is 0 Å². The first kappa shape index (κ1) is 6.81. The number of aliphatic hydroxyl groups excluding tert-OH is 1. The fraction of sp³-hybridized carbons (Fsp3) is 0.250. The van der Waals surface area contributed by atoms with Gasteiger partial charge in [0.05, 0.1) is 12.2 Å². The Morgan fingerprint density at radius 2 is 2.25 bits per heavy atom. The Morgan fingerprint density at radius 3 is 2.38 bits per heavy atom. The maximum Gasteiger partial charge on any atom is 0.146 e. The Morgan fingerprint density at radius 1 is 1.75 bits per heavy atom. The molecule has 0 aliphatic rings. The van der Waals surface area contributed by atoms with E-state index in [1.807, 2.05) is 0 Å². The molecular weight excluding hydrogens is 108 g/mol. The largest absolute Gasteiger partial charge is 0.512 e. The molecule has 4 N–H and O–H groups in total. The molecule has 0 rings (SSSR count). The van der Waals surface area contributed by atoms with E-state index in [4.69, 9.17) is 16.0 Å². The van der Waals surface area contributed by atoms with Gasteiger partial charge >= 0.3 is 0 Å². The van der Waals surface area contributed by atoms with E-state index >= 15 is 0 Å². The van der Waals surface area contributed by atoms with Gasteiger partial charge in [-0.05, 0) is 0 Å². The smallest absolute Gasteiger partial charge is 0.146 e. The lowest BCUT2D eigenvalue weighted by atomic mass is 10.4. The van der Waals surface area contributed by atoms with Gasteiger partial charge in [0.25, 0.3) is 0 Å². The Hall–Kier alpha value is -1.19. The third kappa shape index (κ3) is 3.02. The van der Waals surface area contributed by atoms with Crippen LogP contribution < -0.4 is 5.73 Å². The summed E-state index contributed by atoms with van der Waals surface area (Å²) in [5.74, 6) is -0.155. The quantitative estimate of drug-likeness (QED) is 0.158. The first-order valence-electron chi connectivity index (χ1n) is 2.00. The number of amidine groups is 1. The Bertz CT molecular complexity index is 119. The summed E-state index contributed by atoms with van der Waals surface area (Å²) in [6.45, 7) is 3.13. The molecule has 0 aromatic carbocycles. The van der Waals surface area contributed by atoms with Gasteiger partial charge < -0.3 is 16.0 Å². The Kier molecular flexibility index (Phi) is 2.47. The molecule has 0 radical (unpaired) electrons. The third-order valence-corrected chi connectivity index (χ3v) is 0.514. The molecule has 0 aromatic rings. The molecule has 4 nitrogen and oxygen atoms in total. The van der Waals surface area contributed by atoms with Crippen LogP contribution >= 0.6 is 0 Å². The van der Waals surface area contributed by atoms with Crippen molar-refractivity contribution in [2.75, 3.05) is 0 Å². The van der Waals surface area contributed by atoms with Gasteiger partial charge in [-0.1, -0.05) is 11.7 Å². The molecule has 0 amide bonds. The summed E-state index contributed by atoms with van der Waals surface area (Å²) >= 11 is 0. The zero-order valence-corrected chi connectivity index (χ0v) is 4.33. The molecule has 0 spiro atoms. The highest BCUT2D eigenvalue weighted by Gasteiger charge is 1.92. The number of nitrogens with zero attached hydrogens (tertiary/aromatic N) is 1. The van der Waals surface area contributed by atoms with Crippen molar-refractivity contribution >= 4 is 5.84 Å². The second-order valence-electron chi connectivity index (χ2n) is 1.33. The van der Waals surface area contributed by atoms with Gasteiger partial charge in [0.15, 0.2) is 0 Å². The van der Waals surface area contributed by atoms with E-state index in [9.17, 15) is 0 Å². The SMILES string of the molecule is C=C(O)C/C(N)=N\O. The number of hydrogen-bond acceptors (Lipinski definition) is 3. The number of rotatable bonds is 2. The summed E-state index contributed by atoms with van der Waals surface area (Å²) in [6.07, 6.45) is 0.0243. The van der Waals surface area contributed by atoms with E-state index < -0.39 is 0 Å². The third-order valence-electron chi connectivity index (χ3n) is 0.514. The van der Waals surface area contributed by atoms with Gasteiger partial charge in [0.2, 0.25) is 0 Å². The average Bonchev–Trinajstić information content (AvgIpc) is 1.65. The number of aliphatic hydroxyl groups is 1. The molecule has 0 aromatic heterocycles. The summed E-state index contributed by atoms with van der Waals surface area (Å²) in [4.78, 5) is 0. The van der Waals surface area contributed by atoms with Crippen LogP contribution in [0.25, 0.3) is 0 Å². The first-order chi connectivity index (χ1) is 3.66. The minimum atomic E-state index is -0.111. The molecule has 0 fully saturated rings. The van der Waals surface area contributed by atoms with Crippen LogP contribution in [0.1, 0.15) is 6.42 Å². The zero-order chi connectivity index (χ0) is 6.57. The molecular formula is C4H8N2O2. The van der Waals surface area contributed by atoms with Crippen LogP contribution in [0.3, 0.4) is 0 Å². The van der Waals surface area contributed by atoms with E-state index in [1.54, 1.807) is 0 Å². The van der Waals surface area contributed by atoms with Crippen LogP contribution in [-0.4, -0.2) is 16.1 Å². The molecule has 0 saturated carbocycles. The van der Waals surface area contributed by atoms with Gasteiger partial charge in [-0.25, -0.2) is 0 Å². The monoisotopic (exact) mass is 116 g/mol. The van der Waals surface area contributed by atoms with E-state index in [-0.39, 0.29) is 18.0 Å². The van der Waals surface area contributed by atoms with Crippen molar-refractivity contribution in [1.82, 2.24) is 0 Å². The molecule has 0 aliphatic heterocycles. The highest BCUT2D eigenvalue weighted by Crippen LogP contribution is 1.88. The fourth-order valence-corrected chi connectivity index (χ4v) is 0.244. The Labute approximate surface area is 46.9 Å². The van der Waals surface area contributed by atoms with Gasteiger partial charge in [-0.15, -0.1) is 0 Å². The van der Waals surface area contributed by atoms with Gasteiger partial charge in [-0.2, -0.15) is 0 Å². The number of oxime groups is 1. The highest BCUT2D eigenvalue weighted by molar-refractivity contribution is 5.81. The van der Waals surface area contributed by atoms with E-state index in [1.165, 1.54) is 0 Å². The van der Waals surface area contributed by atoms with Crippen molar-refractivity contribution in [3.63, 3.8) is 0 Å². The standard InChI is InChI=1S/C4H8N2O2/c1-3(7)2-4(5)6-8/h7-8H,1-2H2,(H2,5,6). The highest BCUT2D eigenvalue weighted by atomic mass is 16.4. The van der Waals surface area contributed by atoms with Crippen LogP contribution in [-0.2, 0) is 0 Å².